The second-order valence-electron chi connectivity index (χ2n) is 4.05. The Morgan fingerprint density at radius 3 is 2.67 bits per heavy atom. The lowest BCUT2D eigenvalue weighted by atomic mass is 10.2. The average Bonchev–Trinajstić information content (AvgIpc) is 2.77. The molecule has 1 aromatic heterocycles. The van der Waals surface area contributed by atoms with Gasteiger partial charge in [-0.3, -0.25) is 4.57 Å². The van der Waals surface area contributed by atoms with Crippen LogP contribution < -0.4 is 15.2 Å². The predicted molar refractivity (Wildman–Crippen MR) is 74.6 cm³/mol. The van der Waals surface area contributed by atoms with Gasteiger partial charge >= 0.3 is 6.61 Å². The van der Waals surface area contributed by atoms with Crippen molar-refractivity contribution in [2.24, 2.45) is 7.05 Å². The summed E-state index contributed by atoms with van der Waals surface area (Å²) in [7, 11) is 3.16. The van der Waals surface area contributed by atoms with Crippen molar-refractivity contribution in [3.05, 3.63) is 23.8 Å². The number of alkyl halides is 2. The maximum absolute atomic E-state index is 12.2. The van der Waals surface area contributed by atoms with E-state index in [2.05, 4.69) is 14.9 Å². The maximum atomic E-state index is 12.2. The summed E-state index contributed by atoms with van der Waals surface area (Å²) < 4.78 is 35.6. The second kappa shape index (κ2) is 6.61. The lowest BCUT2D eigenvalue weighted by Crippen LogP contribution is -2.03. The molecule has 0 radical (unpaired) electrons. The van der Waals surface area contributed by atoms with Gasteiger partial charge in [-0.1, -0.05) is 17.8 Å². The Balaban J connectivity index is 2.08. The monoisotopic (exact) mass is 316 g/mol. The van der Waals surface area contributed by atoms with Gasteiger partial charge in [-0.15, -0.1) is 10.2 Å². The molecule has 6 nitrogen and oxygen atoms in total. The Kier molecular flexibility index (Phi) is 4.84. The van der Waals surface area contributed by atoms with E-state index in [9.17, 15) is 8.78 Å². The highest BCUT2D eigenvalue weighted by Crippen LogP contribution is 2.31. The Morgan fingerprint density at radius 2 is 2.10 bits per heavy atom. The number of nitrogens with zero attached hydrogens (tertiary/aromatic N) is 3. The van der Waals surface area contributed by atoms with Crippen LogP contribution in [0.3, 0.4) is 0 Å². The first kappa shape index (κ1) is 15.4. The van der Waals surface area contributed by atoms with Crippen LogP contribution in [0.1, 0.15) is 5.56 Å². The normalized spacial score (nSPS) is 10.9. The number of ether oxygens (including phenoxy) is 2. The molecule has 9 heteroatoms. The van der Waals surface area contributed by atoms with Crippen molar-refractivity contribution in [1.29, 1.82) is 0 Å². The van der Waals surface area contributed by atoms with Gasteiger partial charge in [-0.05, 0) is 17.7 Å². The van der Waals surface area contributed by atoms with Crippen LogP contribution in [-0.4, -0.2) is 28.5 Å². The summed E-state index contributed by atoms with van der Waals surface area (Å²) in [5, 5.41) is 8.34. The molecule has 0 aliphatic rings. The minimum atomic E-state index is -2.89. The van der Waals surface area contributed by atoms with E-state index in [1.807, 2.05) is 0 Å². The maximum Gasteiger partial charge on any atom is 0.387 e. The van der Waals surface area contributed by atoms with E-state index in [0.717, 1.165) is 5.56 Å². The van der Waals surface area contributed by atoms with Crippen LogP contribution in [0.2, 0.25) is 0 Å². The van der Waals surface area contributed by atoms with Gasteiger partial charge in [0, 0.05) is 12.8 Å². The number of benzene rings is 1. The zero-order valence-electron chi connectivity index (χ0n) is 11.4. The van der Waals surface area contributed by atoms with Gasteiger partial charge in [0.2, 0.25) is 5.95 Å². The van der Waals surface area contributed by atoms with Gasteiger partial charge in [0.25, 0.3) is 0 Å². The average molecular weight is 316 g/mol. The number of halogens is 2. The van der Waals surface area contributed by atoms with Crippen molar-refractivity contribution >= 4 is 17.7 Å². The predicted octanol–water partition coefficient (Wildman–Crippen LogP) is 2.30. The molecule has 114 valence electrons. The standard InChI is InChI=1S/C12H14F2N4O2S/c1-18-11(15)16-17-12(18)21-6-7-3-4-8(20-10(13)14)9(5-7)19-2/h3-5,10H,6H2,1-2H3,(H2,15,16). The van der Waals surface area contributed by atoms with Gasteiger partial charge < -0.3 is 15.2 Å². The Morgan fingerprint density at radius 1 is 1.33 bits per heavy atom. The van der Waals surface area contributed by atoms with Crippen LogP contribution in [0.4, 0.5) is 14.7 Å². The summed E-state index contributed by atoms with van der Waals surface area (Å²) in [5.74, 6) is 1.16. The van der Waals surface area contributed by atoms with E-state index in [0.29, 0.717) is 16.9 Å². The number of anilines is 1. The van der Waals surface area contributed by atoms with Crippen LogP contribution in [0.5, 0.6) is 11.5 Å². The van der Waals surface area contributed by atoms with Crippen LogP contribution in [0, 0.1) is 0 Å². The fraction of sp³-hybridized carbons (Fsp3) is 0.333. The minimum Gasteiger partial charge on any atom is -0.493 e. The summed E-state index contributed by atoms with van der Waals surface area (Å²) in [6.07, 6.45) is 0. The molecule has 0 spiro atoms. The lowest BCUT2D eigenvalue weighted by Gasteiger charge is -2.11. The van der Waals surface area contributed by atoms with Crippen LogP contribution in [-0.2, 0) is 12.8 Å². The van der Waals surface area contributed by atoms with E-state index >= 15 is 0 Å². The molecular formula is C12H14F2N4O2S. The lowest BCUT2D eigenvalue weighted by molar-refractivity contribution is -0.0512. The van der Waals surface area contributed by atoms with Gasteiger partial charge in [-0.25, -0.2) is 0 Å². The van der Waals surface area contributed by atoms with Crippen molar-refractivity contribution in [2.45, 2.75) is 17.5 Å². The highest BCUT2D eigenvalue weighted by molar-refractivity contribution is 7.98. The zero-order chi connectivity index (χ0) is 15.4. The highest BCUT2D eigenvalue weighted by Gasteiger charge is 2.12. The van der Waals surface area contributed by atoms with E-state index in [4.69, 9.17) is 10.5 Å². The number of nitrogens with two attached hydrogens (primary N) is 1. The van der Waals surface area contributed by atoms with Crippen molar-refractivity contribution in [2.75, 3.05) is 12.8 Å². The van der Waals surface area contributed by atoms with Crippen molar-refractivity contribution < 1.29 is 18.3 Å². The molecule has 21 heavy (non-hydrogen) atoms. The molecule has 0 aliphatic heterocycles. The fourth-order valence-corrected chi connectivity index (χ4v) is 2.46. The number of rotatable bonds is 6. The summed E-state index contributed by atoms with van der Waals surface area (Å²) >= 11 is 1.42. The molecule has 2 aromatic rings. The van der Waals surface area contributed by atoms with E-state index in [-0.39, 0.29) is 11.5 Å². The van der Waals surface area contributed by atoms with Crippen molar-refractivity contribution in [3.8, 4) is 11.5 Å². The number of thioether (sulfide) groups is 1. The topological polar surface area (TPSA) is 75.2 Å². The van der Waals surface area contributed by atoms with Gasteiger partial charge in [-0.2, -0.15) is 8.78 Å². The molecule has 0 unspecified atom stereocenters. The van der Waals surface area contributed by atoms with Gasteiger partial charge in [0.1, 0.15) is 0 Å². The SMILES string of the molecule is COc1cc(CSc2nnc(N)n2C)ccc1OC(F)F. The first-order chi connectivity index (χ1) is 10.0. The first-order valence-electron chi connectivity index (χ1n) is 5.90. The molecular weight excluding hydrogens is 302 g/mol. The molecule has 2 N–H and O–H groups in total. The molecule has 0 saturated carbocycles. The molecule has 2 rings (SSSR count). The van der Waals surface area contributed by atoms with Gasteiger partial charge in [0.15, 0.2) is 16.7 Å². The molecule has 0 atom stereocenters. The number of aromatic nitrogens is 3. The number of hydrogen-bond acceptors (Lipinski definition) is 6. The largest absolute Gasteiger partial charge is 0.493 e. The Labute approximate surface area is 124 Å². The molecule has 1 heterocycles. The molecule has 0 bridgehead atoms. The Hall–Kier alpha value is -2.03. The number of methoxy groups -OCH3 is 1. The van der Waals surface area contributed by atoms with E-state index in [1.54, 1.807) is 23.7 Å². The third-order valence-electron chi connectivity index (χ3n) is 2.68. The summed E-state index contributed by atoms with van der Waals surface area (Å²) in [4.78, 5) is 0. The van der Waals surface area contributed by atoms with Crippen LogP contribution in [0.25, 0.3) is 0 Å². The molecule has 0 amide bonds. The van der Waals surface area contributed by atoms with E-state index < -0.39 is 6.61 Å². The summed E-state index contributed by atoms with van der Waals surface area (Å²) in [6.45, 7) is -2.89. The summed E-state index contributed by atoms with van der Waals surface area (Å²) in [5.41, 5.74) is 6.46. The minimum absolute atomic E-state index is 0.00385. The van der Waals surface area contributed by atoms with Crippen molar-refractivity contribution in [3.63, 3.8) is 0 Å². The van der Waals surface area contributed by atoms with Crippen LogP contribution >= 0.6 is 11.8 Å². The third kappa shape index (κ3) is 3.75. The third-order valence-corrected chi connectivity index (χ3v) is 3.77. The van der Waals surface area contributed by atoms with Crippen LogP contribution in [0.15, 0.2) is 23.4 Å². The molecule has 0 aliphatic carbocycles. The first-order valence-corrected chi connectivity index (χ1v) is 6.89. The fourth-order valence-electron chi connectivity index (χ4n) is 1.59. The molecule has 0 saturated heterocycles. The van der Waals surface area contributed by atoms with Crippen molar-refractivity contribution in [1.82, 2.24) is 14.8 Å². The smallest absolute Gasteiger partial charge is 0.387 e. The quantitative estimate of drug-likeness (QED) is 0.824. The zero-order valence-corrected chi connectivity index (χ0v) is 12.2. The van der Waals surface area contributed by atoms with Gasteiger partial charge in [0.05, 0.1) is 7.11 Å². The summed E-state index contributed by atoms with van der Waals surface area (Å²) in [6, 6.07) is 4.78. The van der Waals surface area contributed by atoms with E-state index in [1.165, 1.54) is 24.9 Å². The highest BCUT2D eigenvalue weighted by atomic mass is 32.2. The Bertz CT molecular complexity index is 621. The number of nitrogen functional groups attached to an aromatic ring is 1. The molecule has 1 aromatic carbocycles. The second-order valence-corrected chi connectivity index (χ2v) is 4.99. The number of hydrogen-bond donors (Lipinski definition) is 1. The molecule has 0 fully saturated rings.